The van der Waals surface area contributed by atoms with Gasteiger partial charge in [-0.25, -0.2) is 13.1 Å². The summed E-state index contributed by atoms with van der Waals surface area (Å²) in [6.07, 6.45) is 3.92. The van der Waals surface area contributed by atoms with Gasteiger partial charge >= 0.3 is 0 Å². The van der Waals surface area contributed by atoms with E-state index in [0.717, 1.165) is 25.7 Å². The zero-order valence-electron chi connectivity index (χ0n) is 11.9. The topological polar surface area (TPSA) is 81.4 Å². The molecule has 1 aromatic rings. The summed E-state index contributed by atoms with van der Waals surface area (Å²) in [5, 5.41) is 0. The van der Waals surface area contributed by atoms with Crippen molar-refractivity contribution < 1.29 is 13.2 Å². The normalized spacial score (nSPS) is 23.5. The fourth-order valence-electron chi connectivity index (χ4n) is 2.54. The van der Waals surface area contributed by atoms with Gasteiger partial charge in [0, 0.05) is 6.04 Å². The minimum absolute atomic E-state index is 0.0273. The van der Waals surface area contributed by atoms with E-state index in [1.54, 1.807) is 6.07 Å². The Morgan fingerprint density at radius 2 is 1.90 bits per heavy atom. The number of nitrogen functional groups attached to an aromatic ring is 1. The van der Waals surface area contributed by atoms with Gasteiger partial charge in [0.1, 0.15) is 5.75 Å². The number of sulfonamides is 1. The van der Waals surface area contributed by atoms with Gasteiger partial charge < -0.3 is 10.5 Å². The van der Waals surface area contributed by atoms with Gasteiger partial charge in [0.05, 0.1) is 17.7 Å². The highest BCUT2D eigenvalue weighted by molar-refractivity contribution is 7.89. The van der Waals surface area contributed by atoms with E-state index in [1.807, 2.05) is 0 Å². The third kappa shape index (κ3) is 3.43. The molecule has 2 rings (SSSR count). The molecule has 0 atom stereocenters. The molecule has 0 aromatic heterocycles. The van der Waals surface area contributed by atoms with Crippen LogP contribution in [0.2, 0.25) is 0 Å². The van der Waals surface area contributed by atoms with Crippen LogP contribution in [0.5, 0.6) is 5.75 Å². The van der Waals surface area contributed by atoms with Crippen LogP contribution in [0.1, 0.15) is 32.6 Å². The lowest BCUT2D eigenvalue weighted by Crippen LogP contribution is -2.37. The fourth-order valence-corrected chi connectivity index (χ4v) is 3.88. The quantitative estimate of drug-likeness (QED) is 0.834. The summed E-state index contributed by atoms with van der Waals surface area (Å²) < 4.78 is 32.5. The van der Waals surface area contributed by atoms with Crippen molar-refractivity contribution in [3.63, 3.8) is 0 Å². The lowest BCUT2D eigenvalue weighted by atomic mass is 9.88. The number of rotatable bonds is 4. The molecular formula is C14H22N2O3S. The maximum atomic E-state index is 12.3. The molecule has 1 aliphatic carbocycles. The monoisotopic (exact) mass is 298 g/mol. The number of hydrogen-bond donors (Lipinski definition) is 2. The first kappa shape index (κ1) is 15.1. The number of nitrogens with one attached hydrogen (secondary N) is 1. The van der Waals surface area contributed by atoms with E-state index in [-0.39, 0.29) is 10.9 Å². The van der Waals surface area contributed by atoms with Gasteiger partial charge in [-0.3, -0.25) is 0 Å². The lowest BCUT2D eigenvalue weighted by Gasteiger charge is -2.26. The summed E-state index contributed by atoms with van der Waals surface area (Å²) in [6, 6.07) is 4.56. The Balaban J connectivity index is 2.12. The molecule has 20 heavy (non-hydrogen) atoms. The third-order valence-electron chi connectivity index (χ3n) is 3.85. The Hall–Kier alpha value is -1.27. The maximum absolute atomic E-state index is 12.3. The summed E-state index contributed by atoms with van der Waals surface area (Å²) >= 11 is 0. The first-order valence-corrected chi connectivity index (χ1v) is 8.36. The van der Waals surface area contributed by atoms with Gasteiger partial charge in [0.2, 0.25) is 10.0 Å². The predicted octanol–water partition coefficient (Wildman–Crippen LogP) is 2.13. The molecular weight excluding hydrogens is 276 g/mol. The SMILES string of the molecule is COc1ccc(S(=O)(=O)NC2CCC(C)CC2)cc1N. The lowest BCUT2D eigenvalue weighted by molar-refractivity contribution is 0.332. The minimum Gasteiger partial charge on any atom is -0.495 e. The van der Waals surface area contributed by atoms with Crippen LogP contribution in [0.4, 0.5) is 5.69 Å². The summed E-state index contributed by atoms with van der Waals surface area (Å²) in [7, 11) is -2.01. The molecule has 112 valence electrons. The van der Waals surface area contributed by atoms with E-state index in [1.165, 1.54) is 19.2 Å². The van der Waals surface area contributed by atoms with Gasteiger partial charge in [-0.2, -0.15) is 0 Å². The zero-order chi connectivity index (χ0) is 14.8. The van der Waals surface area contributed by atoms with Gasteiger partial charge in [0.15, 0.2) is 0 Å². The molecule has 1 saturated carbocycles. The highest BCUT2D eigenvalue weighted by Crippen LogP contribution is 2.27. The number of methoxy groups -OCH3 is 1. The molecule has 0 amide bonds. The van der Waals surface area contributed by atoms with Crippen molar-refractivity contribution >= 4 is 15.7 Å². The molecule has 0 aliphatic heterocycles. The van der Waals surface area contributed by atoms with Crippen molar-refractivity contribution in [3.8, 4) is 5.75 Å². The zero-order valence-corrected chi connectivity index (χ0v) is 12.7. The number of benzene rings is 1. The highest BCUT2D eigenvalue weighted by Gasteiger charge is 2.24. The van der Waals surface area contributed by atoms with Crippen LogP contribution in [0.15, 0.2) is 23.1 Å². The van der Waals surface area contributed by atoms with Crippen molar-refractivity contribution in [1.82, 2.24) is 4.72 Å². The van der Waals surface area contributed by atoms with Crippen LogP contribution >= 0.6 is 0 Å². The van der Waals surface area contributed by atoms with Crippen LogP contribution in [-0.4, -0.2) is 21.6 Å². The molecule has 5 nitrogen and oxygen atoms in total. The molecule has 0 heterocycles. The van der Waals surface area contributed by atoms with Crippen LogP contribution in [0, 0.1) is 5.92 Å². The number of hydrogen-bond acceptors (Lipinski definition) is 4. The Morgan fingerprint density at radius 3 is 2.45 bits per heavy atom. The van der Waals surface area contributed by atoms with E-state index in [2.05, 4.69) is 11.6 Å². The molecule has 0 saturated heterocycles. The van der Waals surface area contributed by atoms with E-state index in [4.69, 9.17) is 10.5 Å². The molecule has 0 unspecified atom stereocenters. The second-order valence-electron chi connectivity index (χ2n) is 5.48. The van der Waals surface area contributed by atoms with Gasteiger partial charge in [-0.1, -0.05) is 6.92 Å². The van der Waals surface area contributed by atoms with Crippen LogP contribution in [0.3, 0.4) is 0 Å². The molecule has 6 heteroatoms. The number of anilines is 1. The third-order valence-corrected chi connectivity index (χ3v) is 5.37. The molecule has 3 N–H and O–H groups in total. The van der Waals surface area contributed by atoms with Crippen molar-refractivity contribution in [2.24, 2.45) is 5.92 Å². The van der Waals surface area contributed by atoms with E-state index >= 15 is 0 Å². The second kappa shape index (κ2) is 6.01. The predicted molar refractivity (Wildman–Crippen MR) is 79.1 cm³/mol. The van der Waals surface area contributed by atoms with Crippen molar-refractivity contribution in [2.45, 2.75) is 43.5 Å². The van der Waals surface area contributed by atoms with E-state index in [0.29, 0.717) is 17.4 Å². The molecule has 0 radical (unpaired) electrons. The minimum atomic E-state index is -3.51. The molecule has 0 spiro atoms. The van der Waals surface area contributed by atoms with E-state index in [9.17, 15) is 8.42 Å². The summed E-state index contributed by atoms with van der Waals surface area (Å²) in [5.41, 5.74) is 6.09. The molecule has 1 aromatic carbocycles. The van der Waals surface area contributed by atoms with E-state index < -0.39 is 10.0 Å². The Labute approximate surface area is 120 Å². The van der Waals surface area contributed by atoms with Gasteiger partial charge in [-0.15, -0.1) is 0 Å². The average molecular weight is 298 g/mol. The standard InChI is InChI=1S/C14H22N2O3S/c1-10-3-5-11(6-4-10)16-20(17,18)12-7-8-14(19-2)13(15)9-12/h7-11,16H,3-6,15H2,1-2H3. The fraction of sp³-hybridized carbons (Fsp3) is 0.571. The highest BCUT2D eigenvalue weighted by atomic mass is 32.2. The molecule has 1 aliphatic rings. The summed E-state index contributed by atoms with van der Waals surface area (Å²) in [5.74, 6) is 1.17. The average Bonchev–Trinajstić information content (AvgIpc) is 2.41. The largest absolute Gasteiger partial charge is 0.495 e. The number of ether oxygens (including phenoxy) is 1. The first-order chi connectivity index (χ1) is 9.42. The Bertz CT molecular complexity index is 564. The van der Waals surface area contributed by atoms with Crippen LogP contribution in [-0.2, 0) is 10.0 Å². The van der Waals surface area contributed by atoms with Crippen molar-refractivity contribution in [3.05, 3.63) is 18.2 Å². The van der Waals surface area contributed by atoms with Crippen molar-refractivity contribution in [2.75, 3.05) is 12.8 Å². The number of nitrogens with two attached hydrogens (primary N) is 1. The summed E-state index contributed by atoms with van der Waals surface area (Å²) in [6.45, 7) is 2.20. The van der Waals surface area contributed by atoms with Gasteiger partial charge in [0.25, 0.3) is 0 Å². The Morgan fingerprint density at radius 1 is 1.25 bits per heavy atom. The van der Waals surface area contributed by atoms with Crippen LogP contribution in [0.25, 0.3) is 0 Å². The van der Waals surface area contributed by atoms with Gasteiger partial charge in [-0.05, 0) is 49.8 Å². The maximum Gasteiger partial charge on any atom is 0.240 e. The molecule has 0 bridgehead atoms. The molecule has 1 fully saturated rings. The summed E-state index contributed by atoms with van der Waals surface area (Å²) in [4.78, 5) is 0.189. The van der Waals surface area contributed by atoms with Crippen LogP contribution < -0.4 is 15.2 Å². The first-order valence-electron chi connectivity index (χ1n) is 6.88. The smallest absolute Gasteiger partial charge is 0.240 e. The Kier molecular flexibility index (Phi) is 4.55. The second-order valence-corrected chi connectivity index (χ2v) is 7.20. The van der Waals surface area contributed by atoms with Crippen molar-refractivity contribution in [1.29, 1.82) is 0 Å².